The van der Waals surface area contributed by atoms with Crippen LogP contribution in [0.25, 0.3) is 0 Å². The van der Waals surface area contributed by atoms with Gasteiger partial charge in [0, 0.05) is 33.8 Å². The lowest BCUT2D eigenvalue weighted by Gasteiger charge is -2.14. The summed E-state index contributed by atoms with van der Waals surface area (Å²) in [5, 5.41) is 9.72. The number of hydrogen-bond donors (Lipinski definition) is 1. The molecule has 0 fully saturated rings. The maximum atomic E-state index is 11.7. The fourth-order valence-electron chi connectivity index (χ4n) is 1.34. The van der Waals surface area contributed by atoms with Crippen molar-refractivity contribution in [3.8, 4) is 5.75 Å². The lowest BCUT2D eigenvalue weighted by molar-refractivity contribution is 0.0813. The van der Waals surface area contributed by atoms with Crippen LogP contribution in [-0.2, 0) is 0 Å². The van der Waals surface area contributed by atoms with Crippen molar-refractivity contribution in [2.75, 3.05) is 28.2 Å². The Balaban J connectivity index is 3.10. The van der Waals surface area contributed by atoms with Gasteiger partial charge in [-0.3, -0.25) is 9.59 Å². The maximum absolute atomic E-state index is 11.7. The molecule has 1 N–H and O–H groups in total. The van der Waals surface area contributed by atoms with E-state index in [0.717, 1.165) is 0 Å². The molecule has 0 radical (unpaired) electrons. The zero-order valence-electron chi connectivity index (χ0n) is 10.4. The number of nitrogens with zero attached hydrogens (tertiary/aromatic N) is 2. The van der Waals surface area contributed by atoms with Crippen LogP contribution in [0.4, 0.5) is 0 Å². The highest BCUT2D eigenvalue weighted by atomic mass is 16.3. The molecule has 92 valence electrons. The SMILES string of the molecule is CN(C)C(=O)c1ccc(C(=O)N(C)C)c(O)c1. The van der Waals surface area contributed by atoms with Crippen molar-refractivity contribution < 1.29 is 14.7 Å². The molecule has 0 unspecified atom stereocenters. The first kappa shape index (κ1) is 13.0. The number of carbonyl (C=O) groups excluding carboxylic acids is 2. The van der Waals surface area contributed by atoms with Crippen LogP contribution in [-0.4, -0.2) is 54.9 Å². The van der Waals surface area contributed by atoms with Gasteiger partial charge in [0.1, 0.15) is 5.75 Å². The van der Waals surface area contributed by atoms with Crippen LogP contribution in [0.15, 0.2) is 18.2 Å². The molecule has 0 saturated heterocycles. The fraction of sp³-hybridized carbons (Fsp3) is 0.333. The topological polar surface area (TPSA) is 60.9 Å². The van der Waals surface area contributed by atoms with E-state index in [4.69, 9.17) is 0 Å². The van der Waals surface area contributed by atoms with Crippen LogP contribution >= 0.6 is 0 Å². The van der Waals surface area contributed by atoms with Gasteiger partial charge in [-0.2, -0.15) is 0 Å². The van der Waals surface area contributed by atoms with Gasteiger partial charge < -0.3 is 14.9 Å². The Labute approximate surface area is 100 Å². The molecule has 5 nitrogen and oxygen atoms in total. The molecular weight excluding hydrogens is 220 g/mol. The summed E-state index contributed by atoms with van der Waals surface area (Å²) >= 11 is 0. The maximum Gasteiger partial charge on any atom is 0.257 e. The van der Waals surface area contributed by atoms with Crippen LogP contribution in [0.1, 0.15) is 20.7 Å². The first-order chi connectivity index (χ1) is 7.84. The lowest BCUT2D eigenvalue weighted by Crippen LogP contribution is -2.23. The summed E-state index contributed by atoms with van der Waals surface area (Å²) in [5.74, 6) is -0.702. The summed E-state index contributed by atoms with van der Waals surface area (Å²) in [7, 11) is 6.44. The van der Waals surface area contributed by atoms with Gasteiger partial charge in [-0.1, -0.05) is 0 Å². The van der Waals surface area contributed by atoms with Gasteiger partial charge in [-0.15, -0.1) is 0 Å². The molecule has 1 aromatic carbocycles. The third-order valence-electron chi connectivity index (χ3n) is 2.29. The number of rotatable bonds is 2. The van der Waals surface area contributed by atoms with Crippen molar-refractivity contribution in [1.82, 2.24) is 9.80 Å². The first-order valence-electron chi connectivity index (χ1n) is 5.11. The highest BCUT2D eigenvalue weighted by Gasteiger charge is 2.16. The minimum atomic E-state index is -0.300. The Hall–Kier alpha value is -2.04. The molecule has 0 saturated carbocycles. The second-order valence-electron chi connectivity index (χ2n) is 4.13. The van der Waals surface area contributed by atoms with E-state index in [1.54, 1.807) is 28.2 Å². The third kappa shape index (κ3) is 2.75. The molecule has 17 heavy (non-hydrogen) atoms. The number of amides is 2. The Morgan fingerprint density at radius 2 is 1.53 bits per heavy atom. The normalized spacial score (nSPS) is 9.88. The van der Waals surface area contributed by atoms with Gasteiger partial charge in [-0.05, 0) is 18.2 Å². The first-order valence-corrected chi connectivity index (χ1v) is 5.11. The summed E-state index contributed by atoms with van der Waals surface area (Å²) in [6.07, 6.45) is 0. The summed E-state index contributed by atoms with van der Waals surface area (Å²) in [6, 6.07) is 4.28. The largest absolute Gasteiger partial charge is 0.507 e. The predicted octanol–water partition coefficient (Wildman–Crippen LogP) is 0.796. The molecule has 1 aromatic rings. The quantitative estimate of drug-likeness (QED) is 0.826. The second kappa shape index (κ2) is 4.86. The van der Waals surface area contributed by atoms with E-state index in [1.165, 1.54) is 28.0 Å². The van der Waals surface area contributed by atoms with E-state index in [1.807, 2.05) is 0 Å². The Kier molecular flexibility index (Phi) is 3.73. The van der Waals surface area contributed by atoms with Crippen molar-refractivity contribution >= 4 is 11.8 Å². The van der Waals surface area contributed by atoms with Crippen molar-refractivity contribution in [2.24, 2.45) is 0 Å². The van der Waals surface area contributed by atoms with Gasteiger partial charge in [0.2, 0.25) is 0 Å². The standard InChI is InChI=1S/C12H16N2O3/c1-13(2)11(16)8-5-6-9(10(15)7-8)12(17)14(3)4/h5-7,15H,1-4H3. The van der Waals surface area contributed by atoms with Crippen molar-refractivity contribution in [3.05, 3.63) is 29.3 Å². The van der Waals surface area contributed by atoms with Crippen LogP contribution in [0.2, 0.25) is 0 Å². The molecule has 2 amide bonds. The monoisotopic (exact) mass is 236 g/mol. The lowest BCUT2D eigenvalue weighted by atomic mass is 10.1. The zero-order chi connectivity index (χ0) is 13.2. The van der Waals surface area contributed by atoms with E-state index in [9.17, 15) is 14.7 Å². The third-order valence-corrected chi connectivity index (χ3v) is 2.29. The predicted molar refractivity (Wildman–Crippen MR) is 64.1 cm³/mol. The molecule has 0 spiro atoms. The summed E-state index contributed by atoms with van der Waals surface area (Å²) in [6.45, 7) is 0. The molecule has 0 aliphatic carbocycles. The van der Waals surface area contributed by atoms with Crippen LogP contribution in [0, 0.1) is 0 Å². The fourth-order valence-corrected chi connectivity index (χ4v) is 1.34. The average Bonchev–Trinajstić information content (AvgIpc) is 2.26. The molecule has 0 atom stereocenters. The minimum Gasteiger partial charge on any atom is -0.507 e. The van der Waals surface area contributed by atoms with E-state index in [0.29, 0.717) is 5.56 Å². The van der Waals surface area contributed by atoms with Crippen molar-refractivity contribution in [1.29, 1.82) is 0 Å². The highest BCUT2D eigenvalue weighted by molar-refractivity contribution is 5.99. The molecule has 1 rings (SSSR count). The van der Waals surface area contributed by atoms with E-state index >= 15 is 0 Å². The Bertz CT molecular complexity index is 453. The van der Waals surface area contributed by atoms with Crippen molar-refractivity contribution in [2.45, 2.75) is 0 Å². The smallest absolute Gasteiger partial charge is 0.257 e. The van der Waals surface area contributed by atoms with Gasteiger partial charge >= 0.3 is 0 Å². The highest BCUT2D eigenvalue weighted by Crippen LogP contribution is 2.20. The number of benzene rings is 1. The van der Waals surface area contributed by atoms with Gasteiger partial charge in [-0.25, -0.2) is 0 Å². The van der Waals surface area contributed by atoms with Gasteiger partial charge in [0.25, 0.3) is 11.8 Å². The second-order valence-corrected chi connectivity index (χ2v) is 4.13. The van der Waals surface area contributed by atoms with Crippen LogP contribution < -0.4 is 0 Å². The van der Waals surface area contributed by atoms with Gasteiger partial charge in [0.05, 0.1) is 5.56 Å². The molecule has 0 aliphatic rings. The molecule has 0 heterocycles. The zero-order valence-corrected chi connectivity index (χ0v) is 10.4. The number of phenols is 1. The van der Waals surface area contributed by atoms with Crippen LogP contribution in [0.3, 0.4) is 0 Å². The number of aromatic hydroxyl groups is 1. The number of carbonyl (C=O) groups is 2. The summed E-state index contributed by atoms with van der Waals surface area (Å²) in [4.78, 5) is 26.1. The van der Waals surface area contributed by atoms with E-state index in [-0.39, 0.29) is 23.1 Å². The van der Waals surface area contributed by atoms with Gasteiger partial charge in [0.15, 0.2) is 0 Å². The number of hydrogen-bond acceptors (Lipinski definition) is 3. The average molecular weight is 236 g/mol. The molecule has 5 heteroatoms. The molecular formula is C12H16N2O3. The van der Waals surface area contributed by atoms with Crippen molar-refractivity contribution in [3.63, 3.8) is 0 Å². The minimum absolute atomic E-state index is 0.184. The van der Waals surface area contributed by atoms with E-state index < -0.39 is 0 Å². The summed E-state index contributed by atoms with van der Waals surface area (Å²) < 4.78 is 0. The Morgan fingerprint density at radius 3 is 1.94 bits per heavy atom. The Morgan fingerprint density at radius 1 is 1.00 bits per heavy atom. The molecule has 0 aliphatic heterocycles. The molecule has 0 aromatic heterocycles. The van der Waals surface area contributed by atoms with E-state index in [2.05, 4.69) is 0 Å². The molecule has 0 bridgehead atoms. The summed E-state index contributed by atoms with van der Waals surface area (Å²) in [5.41, 5.74) is 0.535. The van der Waals surface area contributed by atoms with Crippen LogP contribution in [0.5, 0.6) is 5.75 Å². The number of phenolic OH excluding ortho intramolecular Hbond substituents is 1.